The van der Waals surface area contributed by atoms with Gasteiger partial charge in [0.25, 0.3) is 0 Å². The first-order valence-corrected chi connectivity index (χ1v) is 20.6. The first-order valence-electron chi connectivity index (χ1n) is 19.8. The number of fused-ring (bicyclic) bond motifs is 10. The lowest BCUT2D eigenvalue weighted by Crippen LogP contribution is -1.93. The molecule has 0 aliphatic heterocycles. The van der Waals surface area contributed by atoms with Crippen molar-refractivity contribution in [1.82, 2.24) is 9.38 Å². The van der Waals surface area contributed by atoms with Crippen LogP contribution in [0.5, 0.6) is 0 Å². The van der Waals surface area contributed by atoms with Crippen molar-refractivity contribution in [3.8, 4) is 55.8 Å². The molecule has 3 heterocycles. The summed E-state index contributed by atoms with van der Waals surface area (Å²) in [7, 11) is 0. The van der Waals surface area contributed by atoms with E-state index in [-0.39, 0.29) is 0 Å². The predicted molar refractivity (Wildman–Crippen MR) is 248 cm³/mol. The molecule has 0 aliphatic rings. The van der Waals surface area contributed by atoms with Crippen LogP contribution in [-0.2, 0) is 0 Å². The third-order valence-electron chi connectivity index (χ3n) is 11.7. The fourth-order valence-corrected chi connectivity index (χ4v) is 9.98. The minimum Gasteiger partial charge on any atom is -0.291 e. The SMILES string of the molecule is c1ccc(-c2cc(-c3ccccc3)cc(-c3ccc(-c4ccc(-c5cc6c7ccccc7sc6c6nc7c8cc9ccccc9cc8ccc7n56)cc4)cc3)c2)cc1. The maximum atomic E-state index is 5.48. The monoisotopic (exact) mass is 754 g/mol. The largest absolute Gasteiger partial charge is 0.291 e. The summed E-state index contributed by atoms with van der Waals surface area (Å²) >= 11 is 1.83. The van der Waals surface area contributed by atoms with Gasteiger partial charge in [-0.1, -0.05) is 158 Å². The summed E-state index contributed by atoms with van der Waals surface area (Å²) in [6, 6.07) is 75.1. The molecule has 0 saturated heterocycles. The van der Waals surface area contributed by atoms with E-state index in [4.69, 9.17) is 4.98 Å². The predicted octanol–water partition coefficient (Wildman–Crippen LogP) is 15.5. The number of nitrogens with zero attached hydrogens (tertiary/aromatic N) is 2. The van der Waals surface area contributed by atoms with E-state index in [2.05, 4.69) is 211 Å². The number of imidazole rings is 1. The van der Waals surface area contributed by atoms with Crippen molar-refractivity contribution in [1.29, 1.82) is 0 Å². The van der Waals surface area contributed by atoms with Crippen LogP contribution in [0.25, 0.3) is 114 Å². The Morgan fingerprint density at radius 2 is 0.862 bits per heavy atom. The van der Waals surface area contributed by atoms with Crippen molar-refractivity contribution in [2.24, 2.45) is 0 Å². The number of pyridine rings is 1. The lowest BCUT2D eigenvalue weighted by atomic mass is 9.92. The molecule has 0 saturated carbocycles. The van der Waals surface area contributed by atoms with Crippen molar-refractivity contribution < 1.29 is 0 Å². The molecular formula is C55H34N2S. The zero-order valence-corrected chi connectivity index (χ0v) is 32.2. The van der Waals surface area contributed by atoms with Crippen LogP contribution in [0.3, 0.4) is 0 Å². The van der Waals surface area contributed by atoms with Gasteiger partial charge in [-0.2, -0.15) is 0 Å². The van der Waals surface area contributed by atoms with Crippen LogP contribution < -0.4 is 0 Å². The van der Waals surface area contributed by atoms with Crippen molar-refractivity contribution in [2.45, 2.75) is 0 Å². The van der Waals surface area contributed by atoms with Crippen LogP contribution in [0.1, 0.15) is 0 Å². The molecule has 9 aromatic carbocycles. The standard InChI is InChI=1S/C55H34N2S/c1-3-11-35(12-4-1)44-30-45(36-13-5-2-6-14-36)32-46(31-44)39-21-19-37(20-22-39)38-23-25-40(26-24-38)51-34-49-47-17-9-10-18-52(47)58-54(49)55-56-53-48-33-42-16-8-7-15-41(42)29-43(48)27-28-50(53)57(51)55/h1-34H. The quantitative estimate of drug-likeness (QED) is 0.160. The first-order chi connectivity index (χ1) is 28.7. The number of hydrogen-bond acceptors (Lipinski definition) is 2. The summed E-state index contributed by atoms with van der Waals surface area (Å²) in [6.45, 7) is 0. The summed E-state index contributed by atoms with van der Waals surface area (Å²) < 4.78 is 4.89. The van der Waals surface area contributed by atoms with Gasteiger partial charge in [-0.05, 0) is 115 Å². The third-order valence-corrected chi connectivity index (χ3v) is 12.9. The number of aromatic nitrogens is 2. The molecule has 12 rings (SSSR count). The van der Waals surface area contributed by atoms with Crippen LogP contribution in [0, 0.1) is 0 Å². The molecule has 0 atom stereocenters. The molecule has 3 aromatic heterocycles. The minimum absolute atomic E-state index is 1.01. The molecule has 3 heteroatoms. The van der Waals surface area contributed by atoms with E-state index >= 15 is 0 Å². The van der Waals surface area contributed by atoms with Gasteiger partial charge in [-0.3, -0.25) is 4.40 Å². The Kier molecular flexibility index (Phi) is 7.44. The molecule has 0 unspecified atom stereocenters. The van der Waals surface area contributed by atoms with Gasteiger partial charge in [0.15, 0.2) is 5.65 Å². The van der Waals surface area contributed by atoms with Crippen LogP contribution >= 0.6 is 11.3 Å². The molecule has 2 nitrogen and oxygen atoms in total. The van der Waals surface area contributed by atoms with Gasteiger partial charge >= 0.3 is 0 Å². The lowest BCUT2D eigenvalue weighted by Gasteiger charge is -2.12. The number of hydrogen-bond donors (Lipinski definition) is 0. The van der Waals surface area contributed by atoms with Gasteiger partial charge in [-0.25, -0.2) is 4.98 Å². The summed E-state index contributed by atoms with van der Waals surface area (Å²) in [6.07, 6.45) is 0. The number of rotatable bonds is 5. The molecule has 0 N–H and O–H groups in total. The Morgan fingerprint density at radius 1 is 0.345 bits per heavy atom. The topological polar surface area (TPSA) is 17.3 Å². The minimum atomic E-state index is 1.01. The highest BCUT2D eigenvalue weighted by molar-refractivity contribution is 7.26. The molecule has 0 radical (unpaired) electrons. The van der Waals surface area contributed by atoms with Crippen LogP contribution in [0.2, 0.25) is 0 Å². The Morgan fingerprint density at radius 3 is 1.50 bits per heavy atom. The maximum Gasteiger partial charge on any atom is 0.156 e. The fourth-order valence-electron chi connectivity index (χ4n) is 8.82. The van der Waals surface area contributed by atoms with E-state index in [1.807, 2.05) is 11.3 Å². The van der Waals surface area contributed by atoms with Gasteiger partial charge in [-0.15, -0.1) is 11.3 Å². The molecule has 0 spiro atoms. The molecule has 0 fully saturated rings. The van der Waals surface area contributed by atoms with Gasteiger partial charge in [0.1, 0.15) is 0 Å². The summed E-state index contributed by atoms with van der Waals surface area (Å²) in [5.41, 5.74) is 15.1. The summed E-state index contributed by atoms with van der Waals surface area (Å²) in [4.78, 5) is 5.48. The zero-order chi connectivity index (χ0) is 38.2. The van der Waals surface area contributed by atoms with Crippen molar-refractivity contribution >= 4 is 69.7 Å². The highest BCUT2D eigenvalue weighted by atomic mass is 32.1. The Balaban J connectivity index is 0.964. The second-order valence-electron chi connectivity index (χ2n) is 15.2. The molecule has 58 heavy (non-hydrogen) atoms. The summed E-state index contributed by atoms with van der Waals surface area (Å²) in [5.74, 6) is 0. The van der Waals surface area contributed by atoms with Crippen molar-refractivity contribution in [2.75, 3.05) is 0 Å². The normalized spacial score (nSPS) is 11.8. The highest BCUT2D eigenvalue weighted by Gasteiger charge is 2.19. The van der Waals surface area contributed by atoms with Gasteiger partial charge in [0.2, 0.25) is 0 Å². The first kappa shape index (κ1) is 32.9. The highest BCUT2D eigenvalue weighted by Crippen LogP contribution is 2.42. The molecule has 12 aromatic rings. The van der Waals surface area contributed by atoms with Crippen molar-refractivity contribution in [3.63, 3.8) is 0 Å². The van der Waals surface area contributed by atoms with Gasteiger partial charge in [0.05, 0.1) is 21.4 Å². The Hall–Kier alpha value is -7.33. The van der Waals surface area contributed by atoms with E-state index in [1.165, 1.54) is 86.2 Å². The van der Waals surface area contributed by atoms with Crippen molar-refractivity contribution in [3.05, 3.63) is 206 Å². The van der Waals surface area contributed by atoms with E-state index < -0.39 is 0 Å². The molecule has 0 aliphatic carbocycles. The molecular weight excluding hydrogens is 721 g/mol. The van der Waals surface area contributed by atoms with Crippen LogP contribution in [0.4, 0.5) is 0 Å². The zero-order valence-electron chi connectivity index (χ0n) is 31.4. The van der Waals surface area contributed by atoms with E-state index in [0.717, 1.165) is 27.9 Å². The number of thiophene rings is 1. The van der Waals surface area contributed by atoms with E-state index in [0.29, 0.717) is 0 Å². The maximum absolute atomic E-state index is 5.48. The second-order valence-corrected chi connectivity index (χ2v) is 16.2. The lowest BCUT2D eigenvalue weighted by molar-refractivity contribution is 1.25. The molecule has 0 amide bonds. The average Bonchev–Trinajstić information content (AvgIpc) is 3.88. The third kappa shape index (κ3) is 5.36. The smallest absolute Gasteiger partial charge is 0.156 e. The number of benzene rings is 9. The second kappa shape index (κ2) is 13.1. The van der Waals surface area contributed by atoms with Gasteiger partial charge < -0.3 is 0 Å². The molecule has 0 bridgehead atoms. The van der Waals surface area contributed by atoms with Gasteiger partial charge in [0, 0.05) is 20.9 Å². The Labute approximate surface area is 339 Å². The van der Waals surface area contributed by atoms with E-state index in [9.17, 15) is 0 Å². The van der Waals surface area contributed by atoms with E-state index in [1.54, 1.807) is 0 Å². The summed E-state index contributed by atoms with van der Waals surface area (Å²) in [5, 5.41) is 7.39. The Bertz CT molecular complexity index is 3470. The molecule has 270 valence electrons. The average molecular weight is 755 g/mol. The van der Waals surface area contributed by atoms with Crippen LogP contribution in [0.15, 0.2) is 206 Å². The fraction of sp³-hybridized carbons (Fsp3) is 0. The van der Waals surface area contributed by atoms with Crippen LogP contribution in [-0.4, -0.2) is 9.38 Å².